The maximum atomic E-state index is 13.0. The Hall–Kier alpha value is -3.98. The first-order chi connectivity index (χ1) is 16.1. The molecule has 0 saturated carbocycles. The number of hydrogen-bond donors (Lipinski definition) is 4. The van der Waals surface area contributed by atoms with E-state index < -0.39 is 0 Å². The van der Waals surface area contributed by atoms with Gasteiger partial charge in [-0.05, 0) is 36.1 Å². The van der Waals surface area contributed by atoms with Crippen LogP contribution < -0.4 is 22.3 Å². The number of nitrogens with two attached hydrogens (primary N) is 2. The van der Waals surface area contributed by atoms with Crippen LogP contribution in [0.15, 0.2) is 55.0 Å². The van der Waals surface area contributed by atoms with E-state index in [1.165, 1.54) is 17.3 Å². The molecule has 9 heteroatoms. The van der Waals surface area contributed by atoms with E-state index in [4.69, 9.17) is 16.6 Å². The Morgan fingerprint density at radius 2 is 1.85 bits per heavy atom. The van der Waals surface area contributed by atoms with Crippen molar-refractivity contribution >= 4 is 17.6 Å². The van der Waals surface area contributed by atoms with Crippen molar-refractivity contribution in [2.45, 2.75) is 31.8 Å². The molecule has 168 valence electrons. The maximum Gasteiger partial charge on any atom is 0.272 e. The molecule has 0 fully saturated rings. The highest BCUT2D eigenvalue weighted by atomic mass is 16.2. The minimum atomic E-state index is -0.127. The fraction of sp³-hybridized carbons (Fsp3) is 0.250. The van der Waals surface area contributed by atoms with E-state index in [2.05, 4.69) is 45.0 Å². The molecule has 1 amide bonds. The Morgan fingerprint density at radius 3 is 2.55 bits per heavy atom. The summed E-state index contributed by atoms with van der Waals surface area (Å²) in [7, 11) is 0. The van der Waals surface area contributed by atoms with Gasteiger partial charge in [-0.2, -0.15) is 0 Å². The van der Waals surface area contributed by atoms with Gasteiger partial charge in [0.05, 0.1) is 11.4 Å². The second-order valence-corrected chi connectivity index (χ2v) is 8.36. The third-order valence-corrected chi connectivity index (χ3v) is 6.16. The Bertz CT molecular complexity index is 1180. The Morgan fingerprint density at radius 1 is 1.06 bits per heavy atom. The molecule has 0 unspecified atom stereocenters. The molecule has 9 nitrogen and oxygen atoms in total. The predicted molar refractivity (Wildman–Crippen MR) is 125 cm³/mol. The van der Waals surface area contributed by atoms with Crippen molar-refractivity contribution in [2.24, 2.45) is 11.6 Å². The highest BCUT2D eigenvalue weighted by Gasteiger charge is 2.25. The number of aromatic nitrogens is 3. The third kappa shape index (κ3) is 4.35. The molecule has 3 aromatic rings. The molecule has 33 heavy (non-hydrogen) atoms. The van der Waals surface area contributed by atoms with E-state index in [9.17, 15) is 4.79 Å². The molecule has 0 atom stereocenters. The maximum absolute atomic E-state index is 13.0. The van der Waals surface area contributed by atoms with Crippen molar-refractivity contribution < 1.29 is 4.79 Å². The molecule has 0 bridgehead atoms. The summed E-state index contributed by atoms with van der Waals surface area (Å²) >= 11 is 0. The lowest BCUT2D eigenvalue weighted by molar-refractivity contribution is 0.0727. The van der Waals surface area contributed by atoms with Gasteiger partial charge in [0.15, 0.2) is 0 Å². The molecule has 6 N–H and O–H groups in total. The van der Waals surface area contributed by atoms with Gasteiger partial charge >= 0.3 is 0 Å². The number of hydrazine groups is 1. The molecule has 2 aromatic heterocycles. The predicted octanol–water partition coefficient (Wildman–Crippen LogP) is 1.37. The van der Waals surface area contributed by atoms with Crippen LogP contribution in [0.4, 0.5) is 5.95 Å². The van der Waals surface area contributed by atoms with Crippen LogP contribution >= 0.6 is 0 Å². The van der Waals surface area contributed by atoms with E-state index in [1.807, 2.05) is 6.20 Å². The lowest BCUT2D eigenvalue weighted by Gasteiger charge is -2.28. The van der Waals surface area contributed by atoms with Crippen LogP contribution in [0.3, 0.4) is 0 Å². The molecule has 1 aliphatic heterocycles. The summed E-state index contributed by atoms with van der Waals surface area (Å²) in [6.45, 7) is 1.05. The molecular weight excluding hydrogens is 416 g/mol. The summed E-state index contributed by atoms with van der Waals surface area (Å²) in [4.78, 5) is 28.3. The summed E-state index contributed by atoms with van der Waals surface area (Å²) < 4.78 is 0. The average molecular weight is 443 g/mol. The number of hydrogen-bond acceptors (Lipinski definition) is 8. The van der Waals surface area contributed by atoms with Gasteiger partial charge in [-0.15, -0.1) is 0 Å². The van der Waals surface area contributed by atoms with Gasteiger partial charge in [-0.25, -0.2) is 9.97 Å². The van der Waals surface area contributed by atoms with Crippen LogP contribution in [0.5, 0.6) is 0 Å². The summed E-state index contributed by atoms with van der Waals surface area (Å²) in [6, 6.07) is 12.3. The van der Waals surface area contributed by atoms with Gasteiger partial charge in [-0.1, -0.05) is 24.3 Å². The number of carbonyl (C=O) groups excluding carboxylic acids is 1. The zero-order valence-corrected chi connectivity index (χ0v) is 18.2. The minimum Gasteiger partial charge on any atom is -0.397 e. The number of benzene rings is 1. The Kier molecular flexibility index (Phi) is 5.62. The van der Waals surface area contributed by atoms with Crippen LogP contribution in [0.1, 0.15) is 38.4 Å². The topological polar surface area (TPSA) is 135 Å². The summed E-state index contributed by atoms with van der Waals surface area (Å²) in [5, 5.41) is 3.48. The van der Waals surface area contributed by atoms with E-state index in [-0.39, 0.29) is 5.91 Å². The molecule has 0 saturated heterocycles. The quantitative estimate of drug-likeness (QED) is 0.344. The lowest BCUT2D eigenvalue weighted by atomic mass is 10.1. The van der Waals surface area contributed by atoms with Crippen LogP contribution in [0.2, 0.25) is 0 Å². The van der Waals surface area contributed by atoms with Crippen LogP contribution in [0.25, 0.3) is 5.70 Å². The fourth-order valence-corrected chi connectivity index (χ4v) is 4.43. The number of amides is 1. The summed E-state index contributed by atoms with van der Waals surface area (Å²) in [5.74, 6) is 5.77. The van der Waals surface area contributed by atoms with Crippen molar-refractivity contribution in [3.63, 3.8) is 0 Å². The number of carbonyl (C=O) groups is 1. The first-order valence-electron chi connectivity index (χ1n) is 11.0. The SMILES string of the molecule is NN/C=C(\N)c1ccc(C(=O)N2CCc3nc(NC4Cc5ccccc5C4)ncc3C2)nc1. The molecule has 3 heterocycles. The summed E-state index contributed by atoms with van der Waals surface area (Å²) in [5.41, 5.74) is 14.5. The molecule has 1 aromatic carbocycles. The first-order valence-corrected chi connectivity index (χ1v) is 11.0. The smallest absolute Gasteiger partial charge is 0.272 e. The molecule has 1 aliphatic carbocycles. The first kappa shape index (κ1) is 20.9. The van der Waals surface area contributed by atoms with Crippen LogP contribution in [0, 0.1) is 0 Å². The third-order valence-electron chi connectivity index (χ3n) is 6.16. The molecular formula is C24H26N8O. The van der Waals surface area contributed by atoms with Gasteiger partial charge in [0.25, 0.3) is 5.91 Å². The number of nitrogens with one attached hydrogen (secondary N) is 2. The Labute approximate surface area is 191 Å². The molecule has 5 rings (SSSR count). The average Bonchev–Trinajstić information content (AvgIpc) is 3.26. The van der Waals surface area contributed by atoms with E-state index in [0.717, 1.165) is 24.1 Å². The van der Waals surface area contributed by atoms with Gasteiger partial charge in [0.1, 0.15) is 5.69 Å². The number of nitrogens with zero attached hydrogens (tertiary/aromatic N) is 4. The number of fused-ring (bicyclic) bond motifs is 2. The number of rotatable bonds is 5. The lowest BCUT2D eigenvalue weighted by Crippen LogP contribution is -2.37. The van der Waals surface area contributed by atoms with Crippen molar-refractivity contribution in [3.8, 4) is 0 Å². The van der Waals surface area contributed by atoms with Gasteiger partial charge in [0, 0.05) is 55.3 Å². The second kappa shape index (κ2) is 8.87. The highest BCUT2D eigenvalue weighted by Crippen LogP contribution is 2.25. The van der Waals surface area contributed by atoms with Crippen molar-refractivity contribution in [1.82, 2.24) is 25.3 Å². The number of pyridine rings is 1. The molecule has 0 radical (unpaired) electrons. The van der Waals surface area contributed by atoms with Gasteiger partial charge in [-0.3, -0.25) is 15.6 Å². The van der Waals surface area contributed by atoms with E-state index >= 15 is 0 Å². The van der Waals surface area contributed by atoms with E-state index in [0.29, 0.717) is 48.5 Å². The van der Waals surface area contributed by atoms with Crippen molar-refractivity contribution in [1.29, 1.82) is 0 Å². The fourth-order valence-electron chi connectivity index (χ4n) is 4.43. The van der Waals surface area contributed by atoms with Crippen LogP contribution in [-0.2, 0) is 25.8 Å². The van der Waals surface area contributed by atoms with Crippen molar-refractivity contribution in [2.75, 3.05) is 11.9 Å². The van der Waals surface area contributed by atoms with Crippen LogP contribution in [-0.4, -0.2) is 38.3 Å². The number of anilines is 1. The van der Waals surface area contributed by atoms with Crippen molar-refractivity contribution in [3.05, 3.63) is 88.6 Å². The second-order valence-electron chi connectivity index (χ2n) is 8.36. The monoisotopic (exact) mass is 442 g/mol. The highest BCUT2D eigenvalue weighted by molar-refractivity contribution is 5.92. The van der Waals surface area contributed by atoms with Gasteiger partial charge < -0.3 is 21.4 Å². The van der Waals surface area contributed by atoms with Gasteiger partial charge in [0.2, 0.25) is 5.95 Å². The minimum absolute atomic E-state index is 0.127. The zero-order chi connectivity index (χ0) is 22.8. The standard InChI is InChI=1S/C24H26N8O/c25-20(13-29-26)17-5-6-22(27-11-17)23(33)32-8-7-21-18(14-32)12-28-24(31-21)30-19-9-15-3-1-2-4-16(15)10-19/h1-6,11-13,19,29H,7-10,14,25-26H2,(H,28,30,31)/b20-13-. The normalized spacial score (nSPS) is 15.7. The largest absolute Gasteiger partial charge is 0.397 e. The zero-order valence-electron chi connectivity index (χ0n) is 18.2. The Balaban J connectivity index is 1.23. The van der Waals surface area contributed by atoms with E-state index in [1.54, 1.807) is 23.2 Å². The molecule has 2 aliphatic rings. The molecule has 0 spiro atoms. The summed E-state index contributed by atoms with van der Waals surface area (Å²) in [6.07, 6.45) is 7.50.